The minimum Gasteiger partial charge on any atom is -0.486 e. The van der Waals surface area contributed by atoms with Crippen molar-refractivity contribution in [3.8, 4) is 23.3 Å². The quantitative estimate of drug-likeness (QED) is 0.905. The van der Waals surface area contributed by atoms with Crippen LogP contribution in [0.5, 0.6) is 17.2 Å². The van der Waals surface area contributed by atoms with Gasteiger partial charge in [0.25, 0.3) is 5.91 Å². The van der Waals surface area contributed by atoms with E-state index in [9.17, 15) is 4.79 Å². The minimum atomic E-state index is -0.689. The van der Waals surface area contributed by atoms with Crippen molar-refractivity contribution in [3.63, 3.8) is 0 Å². The predicted molar refractivity (Wildman–Crippen MR) is 90.6 cm³/mol. The number of nitriles is 1. The molecule has 1 aliphatic rings. The maximum absolute atomic E-state index is 12.2. The van der Waals surface area contributed by atoms with E-state index in [0.717, 1.165) is 0 Å². The second-order valence-electron chi connectivity index (χ2n) is 5.64. The number of ether oxygens (including phenoxy) is 3. The molecule has 2 aromatic carbocycles. The van der Waals surface area contributed by atoms with Crippen molar-refractivity contribution in [1.82, 2.24) is 5.32 Å². The number of rotatable bonds is 5. The first-order valence-electron chi connectivity index (χ1n) is 7.98. The van der Waals surface area contributed by atoms with Crippen LogP contribution in [0.25, 0.3) is 0 Å². The second kappa shape index (κ2) is 7.58. The Bertz CT molecular complexity index is 800. The molecule has 6 heteroatoms. The van der Waals surface area contributed by atoms with E-state index < -0.39 is 6.10 Å². The van der Waals surface area contributed by atoms with Gasteiger partial charge in [-0.2, -0.15) is 5.26 Å². The third-order valence-electron chi connectivity index (χ3n) is 3.72. The van der Waals surface area contributed by atoms with Crippen molar-refractivity contribution in [2.45, 2.75) is 19.1 Å². The molecule has 2 unspecified atom stereocenters. The Balaban J connectivity index is 1.50. The van der Waals surface area contributed by atoms with E-state index in [1.807, 2.05) is 30.3 Å². The van der Waals surface area contributed by atoms with E-state index in [1.165, 1.54) is 0 Å². The zero-order valence-electron chi connectivity index (χ0n) is 13.8. The number of para-hydroxylation sites is 2. The summed E-state index contributed by atoms with van der Waals surface area (Å²) >= 11 is 0. The van der Waals surface area contributed by atoms with E-state index in [0.29, 0.717) is 36.0 Å². The van der Waals surface area contributed by atoms with Crippen LogP contribution in [0.15, 0.2) is 48.5 Å². The first-order chi connectivity index (χ1) is 12.2. The van der Waals surface area contributed by atoms with Gasteiger partial charge in [0.05, 0.1) is 18.2 Å². The Morgan fingerprint density at radius 3 is 2.92 bits per heavy atom. The molecule has 0 spiro atoms. The molecule has 2 aromatic rings. The fourth-order valence-corrected chi connectivity index (χ4v) is 2.42. The second-order valence-corrected chi connectivity index (χ2v) is 5.64. The van der Waals surface area contributed by atoms with Crippen molar-refractivity contribution < 1.29 is 19.0 Å². The highest BCUT2D eigenvalue weighted by molar-refractivity contribution is 5.80. The SMILES string of the molecule is CC(Oc1cccc(C#N)c1)C(=O)NCC1COc2ccccc2O1. The van der Waals surface area contributed by atoms with Crippen LogP contribution < -0.4 is 19.5 Å². The number of benzene rings is 2. The third kappa shape index (κ3) is 4.21. The van der Waals surface area contributed by atoms with E-state index in [-0.39, 0.29) is 12.0 Å². The lowest BCUT2D eigenvalue weighted by molar-refractivity contribution is -0.127. The van der Waals surface area contributed by atoms with Gasteiger partial charge in [-0.1, -0.05) is 18.2 Å². The lowest BCUT2D eigenvalue weighted by atomic mass is 10.2. The molecule has 0 saturated heterocycles. The van der Waals surface area contributed by atoms with Gasteiger partial charge >= 0.3 is 0 Å². The molecule has 2 atom stereocenters. The lowest BCUT2D eigenvalue weighted by Gasteiger charge is -2.27. The number of fused-ring (bicyclic) bond motifs is 1. The molecule has 1 heterocycles. The van der Waals surface area contributed by atoms with E-state index in [1.54, 1.807) is 31.2 Å². The summed E-state index contributed by atoms with van der Waals surface area (Å²) in [5.41, 5.74) is 0.483. The highest BCUT2D eigenvalue weighted by Gasteiger charge is 2.22. The average molecular weight is 338 g/mol. The van der Waals surface area contributed by atoms with Crippen LogP contribution in [0.1, 0.15) is 12.5 Å². The zero-order chi connectivity index (χ0) is 17.6. The highest BCUT2D eigenvalue weighted by Crippen LogP contribution is 2.30. The van der Waals surface area contributed by atoms with Gasteiger partial charge in [0.15, 0.2) is 17.6 Å². The van der Waals surface area contributed by atoms with Crippen LogP contribution in [0.3, 0.4) is 0 Å². The first-order valence-corrected chi connectivity index (χ1v) is 7.98. The van der Waals surface area contributed by atoms with Crippen LogP contribution in [0, 0.1) is 11.3 Å². The van der Waals surface area contributed by atoms with Crippen molar-refractivity contribution in [2.24, 2.45) is 0 Å². The fourth-order valence-electron chi connectivity index (χ4n) is 2.42. The largest absolute Gasteiger partial charge is 0.486 e. The minimum absolute atomic E-state index is 0.257. The smallest absolute Gasteiger partial charge is 0.260 e. The maximum Gasteiger partial charge on any atom is 0.260 e. The number of nitrogens with one attached hydrogen (secondary N) is 1. The molecule has 3 rings (SSSR count). The molecule has 1 amide bonds. The van der Waals surface area contributed by atoms with Gasteiger partial charge in [0, 0.05) is 0 Å². The van der Waals surface area contributed by atoms with Gasteiger partial charge in [-0.05, 0) is 37.3 Å². The summed E-state index contributed by atoms with van der Waals surface area (Å²) in [6.45, 7) is 2.34. The standard InChI is InChI=1S/C19H18N2O4/c1-13(24-15-6-4-5-14(9-15)10-20)19(22)21-11-16-12-23-17-7-2-3-8-18(17)25-16/h2-9,13,16H,11-12H2,1H3,(H,21,22). The highest BCUT2D eigenvalue weighted by atomic mass is 16.6. The number of carbonyl (C=O) groups is 1. The molecule has 1 N–H and O–H groups in total. The fraction of sp³-hybridized carbons (Fsp3) is 0.263. The topological polar surface area (TPSA) is 80.6 Å². The molecular formula is C19H18N2O4. The molecule has 0 bridgehead atoms. The van der Waals surface area contributed by atoms with Crippen molar-refractivity contribution >= 4 is 5.91 Å². The van der Waals surface area contributed by atoms with Gasteiger partial charge in [0.2, 0.25) is 0 Å². The van der Waals surface area contributed by atoms with Crippen molar-refractivity contribution in [3.05, 3.63) is 54.1 Å². The van der Waals surface area contributed by atoms with Crippen LogP contribution >= 0.6 is 0 Å². The number of hydrogen-bond donors (Lipinski definition) is 1. The zero-order valence-corrected chi connectivity index (χ0v) is 13.8. The predicted octanol–water partition coefficient (Wildman–Crippen LogP) is 2.28. The van der Waals surface area contributed by atoms with E-state index in [4.69, 9.17) is 19.5 Å². The van der Waals surface area contributed by atoms with E-state index in [2.05, 4.69) is 5.32 Å². The lowest BCUT2D eigenvalue weighted by Crippen LogP contribution is -2.44. The molecule has 1 aliphatic heterocycles. The molecule has 128 valence electrons. The van der Waals surface area contributed by atoms with Gasteiger partial charge in [-0.3, -0.25) is 4.79 Å². The summed E-state index contributed by atoms with van der Waals surface area (Å²) in [6.07, 6.45) is -0.946. The number of hydrogen-bond acceptors (Lipinski definition) is 5. The molecule has 25 heavy (non-hydrogen) atoms. The number of amides is 1. The molecule has 0 radical (unpaired) electrons. The van der Waals surface area contributed by atoms with Gasteiger partial charge in [-0.15, -0.1) is 0 Å². The Morgan fingerprint density at radius 1 is 1.32 bits per heavy atom. The summed E-state index contributed by atoms with van der Waals surface area (Å²) in [4.78, 5) is 12.2. The Morgan fingerprint density at radius 2 is 2.12 bits per heavy atom. The normalized spacial score (nSPS) is 16.4. The average Bonchev–Trinajstić information content (AvgIpc) is 2.66. The summed E-state index contributed by atoms with van der Waals surface area (Å²) in [6, 6.07) is 16.1. The van der Waals surface area contributed by atoms with Crippen LogP contribution in [0.4, 0.5) is 0 Å². The van der Waals surface area contributed by atoms with Crippen molar-refractivity contribution in [1.29, 1.82) is 5.26 Å². The van der Waals surface area contributed by atoms with Crippen LogP contribution in [-0.4, -0.2) is 31.3 Å². The van der Waals surface area contributed by atoms with Gasteiger partial charge in [-0.25, -0.2) is 0 Å². The van der Waals surface area contributed by atoms with Crippen LogP contribution in [-0.2, 0) is 4.79 Å². The number of nitrogens with zero attached hydrogens (tertiary/aromatic N) is 1. The van der Waals surface area contributed by atoms with E-state index >= 15 is 0 Å². The molecule has 0 fully saturated rings. The molecular weight excluding hydrogens is 320 g/mol. The van der Waals surface area contributed by atoms with Gasteiger partial charge < -0.3 is 19.5 Å². The Hall–Kier alpha value is -3.20. The molecule has 6 nitrogen and oxygen atoms in total. The molecule has 0 aliphatic carbocycles. The Labute approximate surface area is 145 Å². The summed E-state index contributed by atoms with van der Waals surface area (Å²) in [7, 11) is 0. The number of carbonyl (C=O) groups excluding carboxylic acids is 1. The third-order valence-corrected chi connectivity index (χ3v) is 3.72. The summed E-state index contributed by atoms with van der Waals surface area (Å²) in [5.74, 6) is 1.60. The summed E-state index contributed by atoms with van der Waals surface area (Å²) in [5, 5.41) is 11.7. The maximum atomic E-state index is 12.2. The molecule has 0 aromatic heterocycles. The van der Waals surface area contributed by atoms with Crippen LogP contribution in [0.2, 0.25) is 0 Å². The Kier molecular flexibility index (Phi) is 5.05. The first kappa shape index (κ1) is 16.7. The van der Waals surface area contributed by atoms with Gasteiger partial charge in [0.1, 0.15) is 18.5 Å². The molecule has 0 saturated carbocycles. The van der Waals surface area contributed by atoms with Crippen molar-refractivity contribution in [2.75, 3.05) is 13.2 Å². The monoisotopic (exact) mass is 338 g/mol. The summed E-state index contributed by atoms with van der Waals surface area (Å²) < 4.78 is 17.0.